The van der Waals surface area contributed by atoms with Crippen LogP contribution in [0.1, 0.15) is 6.42 Å². The molecule has 0 rings (SSSR count). The van der Waals surface area contributed by atoms with Crippen LogP contribution in [0.15, 0.2) is 0 Å². The van der Waals surface area contributed by atoms with E-state index in [1.807, 2.05) is 0 Å². The summed E-state index contributed by atoms with van der Waals surface area (Å²) >= 11 is 0. The minimum Gasteiger partial charge on any atom is -0.228 e. The Morgan fingerprint density at radius 1 is 0.941 bits per heavy atom. The molecule has 0 aromatic rings. The molecule has 0 aliphatic carbocycles. The lowest BCUT2D eigenvalue weighted by atomic mass is 10.5. The van der Waals surface area contributed by atoms with E-state index in [1.54, 1.807) is 0 Å². The first-order chi connectivity index (χ1) is 7.09. The zero-order chi connectivity index (χ0) is 14.3. The molecule has 0 amide bonds. The highest BCUT2D eigenvalue weighted by molar-refractivity contribution is 8.09. The van der Waals surface area contributed by atoms with E-state index in [4.69, 9.17) is 0 Å². The van der Waals surface area contributed by atoms with E-state index < -0.39 is 42.4 Å². The van der Waals surface area contributed by atoms with E-state index in [-0.39, 0.29) is 6.26 Å². The normalized spacial score (nSPS) is 16.9. The number of halogens is 6. The molecule has 12 heteroatoms. The molecule has 0 aliphatic rings. The SMILES string of the molecule is CS(=O)(=O)C(CC(F)(F)F)S(=O)(=O)C(F)(F)F. The lowest BCUT2D eigenvalue weighted by Gasteiger charge is -2.18. The summed E-state index contributed by atoms with van der Waals surface area (Å²) in [6, 6.07) is 0. The van der Waals surface area contributed by atoms with Crippen molar-refractivity contribution in [3.63, 3.8) is 0 Å². The molecule has 4 nitrogen and oxygen atoms in total. The summed E-state index contributed by atoms with van der Waals surface area (Å²) in [5.41, 5.74) is -6.06. The molecule has 0 N–H and O–H groups in total. The van der Waals surface area contributed by atoms with Gasteiger partial charge in [-0.3, -0.25) is 0 Å². The van der Waals surface area contributed by atoms with Gasteiger partial charge in [0.15, 0.2) is 14.4 Å². The molecule has 104 valence electrons. The van der Waals surface area contributed by atoms with Crippen LogP contribution in [0.5, 0.6) is 0 Å². The number of rotatable bonds is 3. The van der Waals surface area contributed by atoms with E-state index in [1.165, 1.54) is 0 Å². The summed E-state index contributed by atoms with van der Waals surface area (Å²) in [5, 5.41) is 0. The monoisotopic (exact) mass is 308 g/mol. The Morgan fingerprint density at radius 2 is 1.29 bits per heavy atom. The number of alkyl halides is 6. The van der Waals surface area contributed by atoms with Crippen LogP contribution in [-0.2, 0) is 19.7 Å². The van der Waals surface area contributed by atoms with Gasteiger partial charge < -0.3 is 0 Å². The fourth-order valence-electron chi connectivity index (χ4n) is 0.829. The highest BCUT2D eigenvalue weighted by Gasteiger charge is 2.57. The summed E-state index contributed by atoms with van der Waals surface area (Å²) < 4.78 is 111. The van der Waals surface area contributed by atoms with Gasteiger partial charge in [-0.1, -0.05) is 0 Å². The maximum atomic E-state index is 12.0. The van der Waals surface area contributed by atoms with Gasteiger partial charge in [0.05, 0.1) is 6.42 Å². The molecular weight excluding hydrogens is 302 g/mol. The zero-order valence-electron chi connectivity index (χ0n) is 8.00. The molecular formula is C5H6F6O4S2. The Morgan fingerprint density at radius 3 is 1.47 bits per heavy atom. The van der Waals surface area contributed by atoms with Crippen LogP contribution in [0.3, 0.4) is 0 Å². The standard InChI is InChI=1S/C5H6F6O4S2/c1-16(12,13)3(2-4(6,7)8)17(14,15)5(9,10)11/h3H,2H2,1H3. The Balaban J connectivity index is 5.71. The molecule has 17 heavy (non-hydrogen) atoms. The maximum Gasteiger partial charge on any atom is 0.498 e. The van der Waals surface area contributed by atoms with Gasteiger partial charge in [-0.25, -0.2) is 16.8 Å². The third kappa shape index (κ3) is 4.33. The molecule has 0 saturated carbocycles. The first-order valence-electron chi connectivity index (χ1n) is 3.65. The van der Waals surface area contributed by atoms with Crippen molar-refractivity contribution in [2.45, 2.75) is 22.7 Å². The molecule has 0 radical (unpaired) electrons. The minimum atomic E-state index is -6.44. The lowest BCUT2D eigenvalue weighted by Crippen LogP contribution is -2.41. The Kier molecular flexibility index (Phi) is 4.17. The molecule has 0 fully saturated rings. The topological polar surface area (TPSA) is 68.3 Å². The summed E-state index contributed by atoms with van der Waals surface area (Å²) in [6.45, 7) is 0. The summed E-state index contributed by atoms with van der Waals surface area (Å²) in [7, 11) is -11.5. The van der Waals surface area contributed by atoms with Gasteiger partial charge in [-0.15, -0.1) is 0 Å². The first kappa shape index (κ1) is 16.5. The predicted molar refractivity (Wildman–Crippen MR) is 44.3 cm³/mol. The zero-order valence-corrected chi connectivity index (χ0v) is 9.63. The van der Waals surface area contributed by atoms with Crippen molar-refractivity contribution >= 4 is 19.7 Å². The second-order valence-electron chi connectivity index (χ2n) is 3.07. The molecule has 0 aliphatic heterocycles. The predicted octanol–water partition coefficient (Wildman–Crippen LogP) is 1.24. The van der Waals surface area contributed by atoms with E-state index in [0.29, 0.717) is 0 Å². The lowest BCUT2D eigenvalue weighted by molar-refractivity contribution is -0.132. The Hall–Kier alpha value is -0.520. The molecule has 0 aromatic carbocycles. The average molecular weight is 308 g/mol. The fourth-order valence-corrected chi connectivity index (χ4v) is 4.20. The van der Waals surface area contributed by atoms with Crippen molar-refractivity contribution in [2.75, 3.05) is 6.26 Å². The van der Waals surface area contributed by atoms with Gasteiger partial charge in [0.1, 0.15) is 0 Å². The van der Waals surface area contributed by atoms with Crippen molar-refractivity contribution in [1.29, 1.82) is 0 Å². The van der Waals surface area contributed by atoms with Crippen molar-refractivity contribution < 1.29 is 43.2 Å². The molecule has 0 heterocycles. The second-order valence-corrected chi connectivity index (χ2v) is 7.72. The van der Waals surface area contributed by atoms with Gasteiger partial charge >= 0.3 is 11.7 Å². The smallest absolute Gasteiger partial charge is 0.228 e. The van der Waals surface area contributed by atoms with E-state index in [2.05, 4.69) is 0 Å². The van der Waals surface area contributed by atoms with Crippen LogP contribution >= 0.6 is 0 Å². The summed E-state index contributed by atoms with van der Waals surface area (Å²) in [5.74, 6) is 0. The van der Waals surface area contributed by atoms with Crippen molar-refractivity contribution in [3.8, 4) is 0 Å². The molecule has 0 aromatic heterocycles. The van der Waals surface area contributed by atoms with Gasteiger partial charge in [0, 0.05) is 6.26 Å². The molecule has 0 spiro atoms. The fraction of sp³-hybridized carbons (Fsp3) is 1.00. The van der Waals surface area contributed by atoms with E-state index >= 15 is 0 Å². The van der Waals surface area contributed by atoms with Crippen LogP contribution in [0.2, 0.25) is 0 Å². The van der Waals surface area contributed by atoms with Gasteiger partial charge in [0.25, 0.3) is 9.84 Å². The van der Waals surface area contributed by atoms with Crippen molar-refractivity contribution in [2.24, 2.45) is 0 Å². The largest absolute Gasteiger partial charge is 0.498 e. The van der Waals surface area contributed by atoms with Gasteiger partial charge in [-0.05, 0) is 0 Å². The van der Waals surface area contributed by atoms with Gasteiger partial charge in [-0.2, -0.15) is 26.3 Å². The highest BCUT2D eigenvalue weighted by atomic mass is 32.3. The molecule has 0 bridgehead atoms. The Bertz CT molecular complexity index is 470. The van der Waals surface area contributed by atoms with Crippen molar-refractivity contribution in [3.05, 3.63) is 0 Å². The van der Waals surface area contributed by atoms with E-state index in [9.17, 15) is 43.2 Å². The number of hydrogen-bond acceptors (Lipinski definition) is 4. The van der Waals surface area contributed by atoms with Crippen LogP contribution in [0, 0.1) is 0 Å². The van der Waals surface area contributed by atoms with E-state index in [0.717, 1.165) is 0 Å². The quantitative estimate of drug-likeness (QED) is 0.736. The van der Waals surface area contributed by atoms with Crippen LogP contribution in [-0.4, -0.2) is 39.4 Å². The highest BCUT2D eigenvalue weighted by Crippen LogP contribution is 2.35. The summed E-state index contributed by atoms with van der Waals surface area (Å²) in [4.78, 5) is 0. The number of sulfone groups is 2. The average Bonchev–Trinajstić information content (AvgIpc) is 1.93. The first-order valence-corrected chi connectivity index (χ1v) is 7.15. The third-order valence-corrected chi connectivity index (χ3v) is 5.98. The third-order valence-electron chi connectivity index (χ3n) is 1.54. The van der Waals surface area contributed by atoms with Crippen molar-refractivity contribution in [1.82, 2.24) is 0 Å². The summed E-state index contributed by atoms with van der Waals surface area (Å²) in [6.07, 6.45) is -7.97. The Labute approximate surface area is 92.4 Å². The number of hydrogen-bond donors (Lipinski definition) is 0. The minimum absolute atomic E-state index is 0.00725. The van der Waals surface area contributed by atoms with Crippen LogP contribution in [0.25, 0.3) is 0 Å². The van der Waals surface area contributed by atoms with Crippen LogP contribution in [0.4, 0.5) is 26.3 Å². The second kappa shape index (κ2) is 4.30. The van der Waals surface area contributed by atoms with Crippen LogP contribution < -0.4 is 0 Å². The molecule has 1 atom stereocenters. The van der Waals surface area contributed by atoms with Gasteiger partial charge in [0.2, 0.25) is 0 Å². The maximum absolute atomic E-state index is 12.0. The molecule has 0 saturated heterocycles. The molecule has 1 unspecified atom stereocenters.